The highest BCUT2D eigenvalue weighted by Gasteiger charge is 2.61. The molecule has 8 atom stereocenters. The van der Waals surface area contributed by atoms with Crippen LogP contribution in [-0.4, -0.2) is 6.10 Å². The summed E-state index contributed by atoms with van der Waals surface area (Å²) in [6.07, 6.45) is 21.8. The Bertz CT molecular complexity index is 1570. The maximum atomic E-state index is 6.18. The normalized spacial score (nSPS) is 32.0. The van der Waals surface area contributed by atoms with Gasteiger partial charge in [0.05, 0.1) is 0 Å². The Hall–Kier alpha value is -3.18. The van der Waals surface area contributed by atoms with E-state index in [1.807, 2.05) is 42.5 Å². The second-order valence-electron chi connectivity index (χ2n) is 17.6. The van der Waals surface area contributed by atoms with Crippen molar-refractivity contribution in [2.24, 2.45) is 45.8 Å². The van der Waals surface area contributed by atoms with E-state index in [4.69, 9.17) is 26.0 Å². The molecule has 0 heterocycles. The van der Waals surface area contributed by atoms with Gasteiger partial charge in [-0.05, 0) is 148 Å². The largest absolute Gasteiger partial charge is 0.489 e. The fourth-order valence-electron chi connectivity index (χ4n) is 11.3. The molecule has 2 aromatic rings. The zero-order valence-corrected chi connectivity index (χ0v) is 32.0. The quantitative estimate of drug-likeness (QED) is 0.0582. The van der Waals surface area contributed by atoms with Gasteiger partial charge >= 0.3 is 0 Å². The lowest BCUT2D eigenvalue weighted by atomic mass is 9.44. The van der Waals surface area contributed by atoms with E-state index in [1.165, 1.54) is 63.4 Å². The number of fused-ring (bicyclic) bond motifs is 5. The van der Waals surface area contributed by atoms with Crippen LogP contribution in [0.15, 0.2) is 72.0 Å². The van der Waals surface area contributed by atoms with Crippen LogP contribution in [0.25, 0.3) is 6.08 Å². The monoisotopic (exact) mass is 680 g/mol. The van der Waals surface area contributed by atoms with Crippen molar-refractivity contribution in [1.29, 1.82) is 0 Å². The summed E-state index contributed by atoms with van der Waals surface area (Å²) >= 11 is 0. The molecular weight excluding hydrogens is 617 g/mol. The van der Waals surface area contributed by atoms with Crippen molar-refractivity contribution in [1.82, 2.24) is 0 Å². The zero-order chi connectivity index (χ0) is 35.7. The maximum Gasteiger partial charge on any atom is 0.130 e. The highest BCUT2D eigenvalue weighted by molar-refractivity contribution is 5.56. The van der Waals surface area contributed by atoms with Crippen molar-refractivity contribution in [3.8, 4) is 5.75 Å². The van der Waals surface area contributed by atoms with Gasteiger partial charge in [-0.2, -0.15) is 4.89 Å². The Kier molecular flexibility index (Phi) is 10.8. The van der Waals surface area contributed by atoms with Crippen molar-refractivity contribution in [3.63, 3.8) is 0 Å². The van der Waals surface area contributed by atoms with E-state index in [-0.39, 0.29) is 16.9 Å². The summed E-state index contributed by atoms with van der Waals surface area (Å²) in [5.74, 6) is 4.97. The minimum absolute atomic E-state index is 0.0245. The van der Waals surface area contributed by atoms with Crippen LogP contribution in [0.3, 0.4) is 0 Å². The Morgan fingerprint density at radius 1 is 0.940 bits per heavy atom. The predicted octanol–water partition coefficient (Wildman–Crippen LogP) is 11.7. The molecule has 8 unspecified atom stereocenters. The smallest absolute Gasteiger partial charge is 0.130 e. The summed E-state index contributed by atoms with van der Waals surface area (Å²) in [4.78, 5) is 12.0. The molecule has 4 aliphatic carbocycles. The second-order valence-corrected chi connectivity index (χ2v) is 17.6. The number of nitrogen functional groups attached to an aromatic ring is 2. The number of ether oxygens (including phenoxy) is 1. The van der Waals surface area contributed by atoms with E-state index in [1.54, 1.807) is 17.9 Å². The lowest BCUT2D eigenvalue weighted by molar-refractivity contribution is -0.309. The fourth-order valence-corrected chi connectivity index (χ4v) is 11.3. The summed E-state index contributed by atoms with van der Waals surface area (Å²) in [5.41, 5.74) is 18.9. The van der Waals surface area contributed by atoms with Crippen LogP contribution in [0.4, 0.5) is 11.4 Å². The predicted molar refractivity (Wildman–Crippen MR) is 208 cm³/mol. The van der Waals surface area contributed by atoms with Crippen LogP contribution in [-0.2, 0) is 16.4 Å². The first-order valence-electron chi connectivity index (χ1n) is 19.5. The molecule has 0 aliphatic heterocycles. The number of rotatable bonds is 12. The molecule has 0 radical (unpaired) electrons. The lowest BCUT2D eigenvalue weighted by Crippen LogP contribution is -2.55. The van der Waals surface area contributed by atoms with Gasteiger partial charge in [-0.15, -0.1) is 0 Å². The minimum atomic E-state index is -0.0720. The number of allylic oxidation sites excluding steroid dienone is 3. The zero-order valence-electron chi connectivity index (χ0n) is 32.0. The van der Waals surface area contributed by atoms with E-state index in [9.17, 15) is 0 Å². The molecule has 6 rings (SSSR count). The third kappa shape index (κ3) is 7.27. The number of unbranched alkanes of at least 4 members (excludes halogenated alkanes) is 1. The van der Waals surface area contributed by atoms with Crippen LogP contribution in [0, 0.1) is 45.8 Å². The molecule has 5 heteroatoms. The molecule has 4 aliphatic rings. The molecule has 3 fully saturated rings. The average Bonchev–Trinajstić information content (AvgIpc) is 3.43. The molecule has 2 aromatic carbocycles. The van der Waals surface area contributed by atoms with E-state index in [2.05, 4.69) is 60.6 Å². The maximum absolute atomic E-state index is 6.18. The molecule has 0 aromatic heterocycles. The topological polar surface area (TPSA) is 79.7 Å². The van der Waals surface area contributed by atoms with Gasteiger partial charge in [0.1, 0.15) is 24.7 Å². The van der Waals surface area contributed by atoms with Gasteiger partial charge in [0, 0.05) is 22.4 Å². The molecular formula is C45H64N2O3. The summed E-state index contributed by atoms with van der Waals surface area (Å²) in [6, 6.07) is 13.4. The second kappa shape index (κ2) is 14.8. The molecule has 50 heavy (non-hydrogen) atoms. The number of benzene rings is 2. The van der Waals surface area contributed by atoms with Gasteiger partial charge in [-0.25, -0.2) is 0 Å². The number of nitrogens with two attached hydrogens (primary N) is 2. The highest BCUT2D eigenvalue weighted by atomic mass is 17.2. The lowest BCUT2D eigenvalue weighted by Gasteiger charge is -2.61. The van der Waals surface area contributed by atoms with E-state index in [0.717, 1.165) is 52.9 Å². The average molecular weight is 681 g/mol. The van der Waals surface area contributed by atoms with Crippen LogP contribution < -0.4 is 16.2 Å². The SMILES string of the molecule is CC(C)=CCCCC(C)C1CCC2C3CC=C4C(C)(C)C(OO/C=C/c5ccc(OCc6ccc(N)cc6N)cc5)CCC4(C)C3CCC12C. The molecule has 0 spiro atoms. The van der Waals surface area contributed by atoms with Crippen molar-refractivity contribution >= 4 is 17.5 Å². The van der Waals surface area contributed by atoms with Crippen molar-refractivity contribution in [3.05, 3.63) is 83.2 Å². The van der Waals surface area contributed by atoms with Gasteiger partial charge in [0.25, 0.3) is 0 Å². The minimum Gasteiger partial charge on any atom is -0.489 e. The molecule has 4 N–H and O–H groups in total. The summed E-state index contributed by atoms with van der Waals surface area (Å²) in [7, 11) is 0. The summed E-state index contributed by atoms with van der Waals surface area (Å²) in [6.45, 7) is 17.5. The van der Waals surface area contributed by atoms with E-state index >= 15 is 0 Å². The van der Waals surface area contributed by atoms with Crippen molar-refractivity contribution < 1.29 is 14.5 Å². The highest BCUT2D eigenvalue weighted by Crippen LogP contribution is 2.69. The number of hydrogen-bond acceptors (Lipinski definition) is 5. The fraction of sp³-hybridized carbons (Fsp3) is 0.600. The molecule has 0 bridgehead atoms. The first kappa shape index (κ1) is 36.6. The van der Waals surface area contributed by atoms with Crippen molar-refractivity contribution in [2.45, 2.75) is 125 Å². The van der Waals surface area contributed by atoms with Crippen LogP contribution >= 0.6 is 0 Å². The Balaban J connectivity index is 1.03. The van der Waals surface area contributed by atoms with Crippen LogP contribution in [0.1, 0.15) is 124 Å². The Morgan fingerprint density at radius 3 is 2.46 bits per heavy atom. The Labute approximate surface area is 302 Å². The standard InChI is InChI=1S/C45H64N2O3/c1-30(2)10-8-9-11-31(3)37-19-20-38-36-18-21-41-43(4,5)42(23-26-45(41,7)39(36)22-25-44(37,38)6)50-49-27-24-32-12-16-35(17-13-32)48-29-33-14-15-34(46)28-40(33)47/h10,12-17,21,24,27-28,31,36-39,42H,8-9,11,18-20,22-23,25-26,29,46-47H2,1-7H3/b27-24+. The van der Waals surface area contributed by atoms with Gasteiger partial charge < -0.3 is 21.1 Å². The molecule has 5 nitrogen and oxygen atoms in total. The summed E-state index contributed by atoms with van der Waals surface area (Å²) < 4.78 is 5.93. The molecule has 0 amide bonds. The third-order valence-electron chi connectivity index (χ3n) is 14.0. The summed E-state index contributed by atoms with van der Waals surface area (Å²) in [5, 5.41) is 0. The molecule has 0 saturated heterocycles. The molecule has 272 valence electrons. The van der Waals surface area contributed by atoms with Gasteiger partial charge in [0.15, 0.2) is 0 Å². The van der Waals surface area contributed by atoms with Gasteiger partial charge in [-0.3, -0.25) is 0 Å². The van der Waals surface area contributed by atoms with Crippen LogP contribution in [0.5, 0.6) is 5.75 Å². The first-order chi connectivity index (χ1) is 23.8. The van der Waals surface area contributed by atoms with Gasteiger partial charge in [0.2, 0.25) is 0 Å². The Morgan fingerprint density at radius 2 is 1.72 bits per heavy atom. The number of hydrogen-bond donors (Lipinski definition) is 2. The van der Waals surface area contributed by atoms with Gasteiger partial charge in [-0.1, -0.05) is 82.5 Å². The van der Waals surface area contributed by atoms with Crippen LogP contribution in [0.2, 0.25) is 0 Å². The van der Waals surface area contributed by atoms with Crippen molar-refractivity contribution in [2.75, 3.05) is 11.5 Å². The van der Waals surface area contributed by atoms with E-state index in [0.29, 0.717) is 23.4 Å². The van der Waals surface area contributed by atoms with E-state index < -0.39 is 0 Å². The molecule has 3 saturated carbocycles. The number of anilines is 2. The third-order valence-corrected chi connectivity index (χ3v) is 14.0. The first-order valence-corrected chi connectivity index (χ1v) is 19.5.